The van der Waals surface area contributed by atoms with Crippen LogP contribution in [0.1, 0.15) is 271 Å². The van der Waals surface area contributed by atoms with Gasteiger partial charge in [0.1, 0.15) is 19.8 Å². The third-order valence-electron chi connectivity index (χ3n) is 12.1. The highest BCUT2D eigenvalue weighted by Crippen LogP contribution is 2.38. The van der Waals surface area contributed by atoms with Crippen LogP contribution in [0.3, 0.4) is 0 Å². The predicted octanol–water partition coefficient (Wildman–Crippen LogP) is 15.3. The average Bonchev–Trinajstić information content (AvgIpc) is 3.23. The van der Waals surface area contributed by atoms with E-state index in [9.17, 15) is 19.0 Å². The summed E-state index contributed by atoms with van der Waals surface area (Å²) in [5.41, 5.74) is 0. The molecule has 0 saturated carbocycles. The molecule has 0 aliphatic rings. The van der Waals surface area contributed by atoms with E-state index in [1.165, 1.54) is 205 Å². The number of rotatable bonds is 50. The van der Waals surface area contributed by atoms with Crippen molar-refractivity contribution >= 4 is 19.8 Å². The molecule has 0 spiro atoms. The maximum absolute atomic E-state index is 12.8. The van der Waals surface area contributed by atoms with Gasteiger partial charge in [0.2, 0.25) is 0 Å². The van der Waals surface area contributed by atoms with Gasteiger partial charge < -0.3 is 27.9 Å². The Morgan fingerprint density at radius 2 is 0.726 bits per heavy atom. The molecule has 0 N–H and O–H groups in total. The number of carbonyl (C=O) groups is 2. The second-order valence-electron chi connectivity index (χ2n) is 19.6. The molecule has 0 aliphatic carbocycles. The van der Waals surface area contributed by atoms with Gasteiger partial charge in [-0.2, -0.15) is 0 Å². The summed E-state index contributed by atoms with van der Waals surface area (Å²) in [5.74, 6) is -0.812. The van der Waals surface area contributed by atoms with Gasteiger partial charge in [-0.25, -0.2) is 0 Å². The van der Waals surface area contributed by atoms with E-state index in [-0.39, 0.29) is 32.0 Å². The average molecular weight is 902 g/mol. The van der Waals surface area contributed by atoms with Gasteiger partial charge in [0, 0.05) is 12.8 Å². The number of hydrogen-bond donors (Lipinski definition) is 0. The molecule has 2 atom stereocenters. The lowest BCUT2D eigenvalue weighted by Crippen LogP contribution is -2.37. The van der Waals surface area contributed by atoms with Crippen LogP contribution in [0.5, 0.6) is 0 Å². The van der Waals surface area contributed by atoms with E-state index in [1.807, 2.05) is 21.1 Å². The van der Waals surface area contributed by atoms with Crippen LogP contribution in [0.15, 0.2) is 0 Å². The largest absolute Gasteiger partial charge is 0.756 e. The standard InChI is InChI=1S/C52H104NO8P/c1-6-8-10-12-14-16-18-20-22-24-25-26-27-28-29-31-33-35-37-39-41-43-45-52(55)61-50(49-60-62(56,57)59-47-46-53(3,4)5)48-58-51(54)44-42-40-38-36-34-32-30-23-21-19-17-15-13-11-9-7-2/h50H,6-49H2,1-5H3. The van der Waals surface area contributed by atoms with Gasteiger partial charge in [-0.3, -0.25) is 14.2 Å². The number of phosphoric ester groups is 1. The summed E-state index contributed by atoms with van der Waals surface area (Å²) in [6.07, 6.45) is 48.5. The van der Waals surface area contributed by atoms with Crippen molar-refractivity contribution in [2.24, 2.45) is 0 Å². The molecule has 0 heterocycles. The number of ether oxygens (including phenoxy) is 2. The smallest absolute Gasteiger partial charge is 0.306 e. The van der Waals surface area contributed by atoms with Crippen molar-refractivity contribution < 1.29 is 42.1 Å². The van der Waals surface area contributed by atoms with E-state index in [4.69, 9.17) is 18.5 Å². The molecule has 0 aromatic heterocycles. The lowest BCUT2D eigenvalue weighted by Gasteiger charge is -2.28. The third kappa shape index (κ3) is 48.5. The van der Waals surface area contributed by atoms with Gasteiger partial charge in [0.15, 0.2) is 6.10 Å². The summed E-state index contributed by atoms with van der Waals surface area (Å²) < 4.78 is 34.1. The minimum absolute atomic E-state index is 0.0253. The van der Waals surface area contributed by atoms with E-state index in [1.54, 1.807) is 0 Å². The number of carbonyl (C=O) groups excluding carboxylic acids is 2. The first kappa shape index (κ1) is 61.0. The summed E-state index contributed by atoms with van der Waals surface area (Å²) in [6, 6.07) is 0. The number of esters is 2. The maximum atomic E-state index is 12.8. The SMILES string of the molecule is CCCCCCCCCCCCCCCCCCCCCCCCC(=O)OC(COC(=O)CCCCCCCCCCCCCCCCCC)COP(=O)([O-])OCC[N+](C)(C)C. The lowest BCUT2D eigenvalue weighted by molar-refractivity contribution is -0.870. The Kier molecular flexibility index (Phi) is 44.5. The molecule has 0 amide bonds. The summed E-state index contributed by atoms with van der Waals surface area (Å²) in [5, 5.41) is 0. The van der Waals surface area contributed by atoms with Crippen molar-refractivity contribution in [2.45, 2.75) is 277 Å². The fraction of sp³-hybridized carbons (Fsp3) is 0.962. The Balaban J connectivity index is 4.16. The minimum Gasteiger partial charge on any atom is -0.756 e. The van der Waals surface area contributed by atoms with Crippen molar-refractivity contribution in [3.05, 3.63) is 0 Å². The summed E-state index contributed by atoms with van der Waals surface area (Å²) in [4.78, 5) is 37.7. The molecule has 0 fully saturated rings. The Hall–Kier alpha value is -0.990. The molecule has 0 bridgehead atoms. The Morgan fingerprint density at radius 1 is 0.435 bits per heavy atom. The predicted molar refractivity (Wildman–Crippen MR) is 259 cm³/mol. The Labute approximate surface area is 384 Å². The first-order chi connectivity index (χ1) is 30.0. The Morgan fingerprint density at radius 3 is 1.03 bits per heavy atom. The topological polar surface area (TPSA) is 111 Å². The lowest BCUT2D eigenvalue weighted by atomic mass is 10.0. The normalized spacial score (nSPS) is 13.3. The fourth-order valence-corrected chi connectivity index (χ4v) is 8.68. The highest BCUT2D eigenvalue weighted by Gasteiger charge is 2.21. The molecule has 0 radical (unpaired) electrons. The molecule has 0 aromatic carbocycles. The van der Waals surface area contributed by atoms with Crippen molar-refractivity contribution in [1.29, 1.82) is 0 Å². The van der Waals surface area contributed by atoms with Gasteiger partial charge in [-0.15, -0.1) is 0 Å². The van der Waals surface area contributed by atoms with Crippen LogP contribution in [0.4, 0.5) is 0 Å². The second kappa shape index (κ2) is 45.2. The molecule has 370 valence electrons. The molecule has 0 aromatic rings. The van der Waals surface area contributed by atoms with Gasteiger partial charge in [0.05, 0.1) is 27.7 Å². The van der Waals surface area contributed by atoms with Crippen molar-refractivity contribution in [3.63, 3.8) is 0 Å². The molecular formula is C52H104NO8P. The number of nitrogens with zero attached hydrogens (tertiary/aromatic N) is 1. The monoisotopic (exact) mass is 902 g/mol. The summed E-state index contributed by atoms with van der Waals surface area (Å²) in [6.45, 7) is 4.30. The number of phosphoric acid groups is 1. The van der Waals surface area contributed by atoms with Gasteiger partial charge in [-0.05, 0) is 12.8 Å². The first-order valence-electron chi connectivity index (χ1n) is 26.7. The number of unbranched alkanes of at least 4 members (excludes halogenated alkanes) is 36. The summed E-state index contributed by atoms with van der Waals surface area (Å²) >= 11 is 0. The molecule has 9 nitrogen and oxygen atoms in total. The zero-order chi connectivity index (χ0) is 45.7. The van der Waals surface area contributed by atoms with Crippen LogP contribution in [-0.4, -0.2) is 70.0 Å². The molecule has 10 heteroatoms. The molecule has 0 aliphatic heterocycles. The quantitative estimate of drug-likeness (QED) is 0.0257. The zero-order valence-electron chi connectivity index (χ0n) is 41.9. The van der Waals surface area contributed by atoms with Gasteiger partial charge in [-0.1, -0.05) is 245 Å². The second-order valence-corrected chi connectivity index (χ2v) is 21.0. The fourth-order valence-electron chi connectivity index (χ4n) is 7.95. The van der Waals surface area contributed by atoms with Gasteiger partial charge in [0.25, 0.3) is 7.82 Å². The minimum atomic E-state index is -4.62. The van der Waals surface area contributed by atoms with E-state index in [0.29, 0.717) is 17.4 Å². The molecular weight excluding hydrogens is 798 g/mol. The van der Waals surface area contributed by atoms with E-state index < -0.39 is 26.5 Å². The number of quaternary nitrogens is 1. The molecule has 62 heavy (non-hydrogen) atoms. The third-order valence-corrected chi connectivity index (χ3v) is 13.1. The molecule has 0 rings (SSSR count). The number of hydrogen-bond acceptors (Lipinski definition) is 8. The van der Waals surface area contributed by atoms with E-state index in [2.05, 4.69) is 13.8 Å². The van der Waals surface area contributed by atoms with Crippen LogP contribution in [0.2, 0.25) is 0 Å². The van der Waals surface area contributed by atoms with Crippen molar-refractivity contribution in [1.82, 2.24) is 0 Å². The highest BCUT2D eigenvalue weighted by molar-refractivity contribution is 7.45. The van der Waals surface area contributed by atoms with Crippen LogP contribution in [-0.2, 0) is 32.7 Å². The Bertz CT molecular complexity index is 1020. The first-order valence-corrected chi connectivity index (χ1v) is 28.2. The number of likely N-dealkylation sites (N-methyl/N-ethyl adjacent to an activating group) is 1. The van der Waals surface area contributed by atoms with Crippen LogP contribution >= 0.6 is 7.82 Å². The highest BCUT2D eigenvalue weighted by atomic mass is 31.2. The van der Waals surface area contributed by atoms with Crippen LogP contribution in [0.25, 0.3) is 0 Å². The zero-order valence-corrected chi connectivity index (χ0v) is 42.7. The van der Waals surface area contributed by atoms with Crippen LogP contribution < -0.4 is 4.89 Å². The van der Waals surface area contributed by atoms with Crippen molar-refractivity contribution in [2.75, 3.05) is 47.5 Å². The molecule has 0 saturated heterocycles. The van der Waals surface area contributed by atoms with Crippen LogP contribution in [0, 0.1) is 0 Å². The van der Waals surface area contributed by atoms with Crippen molar-refractivity contribution in [3.8, 4) is 0 Å². The molecule has 2 unspecified atom stereocenters. The summed E-state index contributed by atoms with van der Waals surface area (Å²) in [7, 11) is 1.19. The maximum Gasteiger partial charge on any atom is 0.306 e. The van der Waals surface area contributed by atoms with E-state index >= 15 is 0 Å². The van der Waals surface area contributed by atoms with Gasteiger partial charge >= 0.3 is 11.9 Å². The van der Waals surface area contributed by atoms with E-state index in [0.717, 1.165) is 32.1 Å².